The van der Waals surface area contributed by atoms with Crippen LogP contribution in [0.3, 0.4) is 0 Å². The zero-order valence-corrected chi connectivity index (χ0v) is 9.46. The van der Waals surface area contributed by atoms with Gasteiger partial charge in [-0.15, -0.1) is 0 Å². The quantitative estimate of drug-likeness (QED) is 0.330. The average molecular weight is 226 g/mol. The molecule has 1 N–H and O–H groups in total. The highest BCUT2D eigenvalue weighted by atomic mass is 16.7. The van der Waals surface area contributed by atoms with Crippen molar-refractivity contribution in [2.24, 2.45) is 17.8 Å². The summed E-state index contributed by atoms with van der Waals surface area (Å²) in [6.07, 6.45) is 5.14. The molecule has 2 aliphatic rings. The molecule has 4 atom stereocenters. The average Bonchev–Trinajstić information content (AvgIpc) is 2.80. The second-order valence-corrected chi connectivity index (χ2v) is 4.45. The lowest BCUT2D eigenvalue weighted by molar-refractivity contribution is -0.162. The van der Waals surface area contributed by atoms with E-state index in [-0.39, 0.29) is 30.5 Å². The van der Waals surface area contributed by atoms with Gasteiger partial charge in [0.2, 0.25) is 0 Å². The number of carbonyl (C=O) groups excluding carboxylic acids is 1. The van der Waals surface area contributed by atoms with E-state index >= 15 is 0 Å². The van der Waals surface area contributed by atoms with Crippen LogP contribution in [0.4, 0.5) is 0 Å². The topological polar surface area (TPSA) is 55.8 Å². The molecular formula is C12H18O4. The van der Waals surface area contributed by atoms with Crippen LogP contribution in [0.15, 0.2) is 12.2 Å². The molecule has 0 amide bonds. The van der Waals surface area contributed by atoms with Crippen LogP contribution in [0.2, 0.25) is 0 Å². The molecule has 1 fully saturated rings. The van der Waals surface area contributed by atoms with Gasteiger partial charge in [0.15, 0.2) is 6.79 Å². The second-order valence-electron chi connectivity index (χ2n) is 4.45. The number of rotatable bonds is 5. The smallest absolute Gasteiger partial charge is 0.311 e. The summed E-state index contributed by atoms with van der Waals surface area (Å²) in [6, 6.07) is 0. The van der Waals surface area contributed by atoms with Gasteiger partial charge in [-0.1, -0.05) is 19.1 Å². The van der Waals surface area contributed by atoms with Gasteiger partial charge in [0.1, 0.15) is 0 Å². The predicted octanol–water partition coefficient (Wildman–Crippen LogP) is 1.10. The van der Waals surface area contributed by atoms with E-state index in [0.717, 1.165) is 6.42 Å². The molecule has 2 aliphatic carbocycles. The van der Waals surface area contributed by atoms with Crippen molar-refractivity contribution in [3.05, 3.63) is 12.2 Å². The van der Waals surface area contributed by atoms with E-state index in [1.54, 1.807) is 0 Å². The molecule has 0 aromatic carbocycles. The van der Waals surface area contributed by atoms with Gasteiger partial charge in [-0.3, -0.25) is 4.79 Å². The lowest BCUT2D eigenvalue weighted by atomic mass is 9.94. The largest absolute Gasteiger partial charge is 0.438 e. The number of aliphatic hydroxyl groups is 1. The predicted molar refractivity (Wildman–Crippen MR) is 57.4 cm³/mol. The van der Waals surface area contributed by atoms with Crippen LogP contribution in [0.5, 0.6) is 0 Å². The molecule has 4 heteroatoms. The zero-order chi connectivity index (χ0) is 11.5. The summed E-state index contributed by atoms with van der Waals surface area (Å²) in [4.78, 5) is 11.7. The maximum absolute atomic E-state index is 11.7. The summed E-state index contributed by atoms with van der Waals surface area (Å²) in [5, 5.41) is 9.76. The van der Waals surface area contributed by atoms with E-state index in [4.69, 9.17) is 9.47 Å². The van der Waals surface area contributed by atoms with Crippen molar-refractivity contribution in [1.82, 2.24) is 0 Å². The summed E-state index contributed by atoms with van der Waals surface area (Å²) < 4.78 is 10.1. The molecule has 0 aromatic rings. The van der Waals surface area contributed by atoms with Gasteiger partial charge in [0.25, 0.3) is 0 Å². The molecule has 0 spiro atoms. The number of hydrogen-bond donors (Lipinski definition) is 1. The lowest BCUT2D eigenvalue weighted by Crippen LogP contribution is -2.25. The SMILES string of the molecule is CCCOCOC(=O)C1CC2C=CC1C2O. The number of aliphatic hydroxyl groups excluding tert-OH is 1. The van der Waals surface area contributed by atoms with Crippen molar-refractivity contribution in [1.29, 1.82) is 0 Å². The summed E-state index contributed by atoms with van der Waals surface area (Å²) in [5.41, 5.74) is 0. The molecule has 16 heavy (non-hydrogen) atoms. The molecule has 4 unspecified atom stereocenters. The maximum Gasteiger partial charge on any atom is 0.311 e. The first-order chi connectivity index (χ1) is 7.74. The minimum absolute atomic E-state index is 0.0281. The minimum atomic E-state index is -0.394. The Morgan fingerprint density at radius 3 is 2.88 bits per heavy atom. The van der Waals surface area contributed by atoms with E-state index in [1.807, 2.05) is 19.1 Å². The Bertz CT molecular complexity index is 287. The molecule has 0 aromatic heterocycles. The monoisotopic (exact) mass is 226 g/mol. The number of esters is 1. The van der Waals surface area contributed by atoms with Crippen molar-refractivity contribution in [3.8, 4) is 0 Å². The second kappa shape index (κ2) is 4.97. The lowest BCUT2D eigenvalue weighted by Gasteiger charge is -2.16. The van der Waals surface area contributed by atoms with Crippen molar-refractivity contribution in [2.75, 3.05) is 13.4 Å². The van der Waals surface area contributed by atoms with E-state index in [1.165, 1.54) is 0 Å². The van der Waals surface area contributed by atoms with Crippen molar-refractivity contribution >= 4 is 5.97 Å². The number of ether oxygens (including phenoxy) is 2. The third-order valence-electron chi connectivity index (χ3n) is 3.34. The molecular weight excluding hydrogens is 208 g/mol. The molecule has 0 radical (unpaired) electrons. The number of hydrogen-bond acceptors (Lipinski definition) is 4. The van der Waals surface area contributed by atoms with E-state index in [0.29, 0.717) is 13.0 Å². The van der Waals surface area contributed by atoms with E-state index in [9.17, 15) is 9.90 Å². The van der Waals surface area contributed by atoms with Gasteiger partial charge in [-0.05, 0) is 12.8 Å². The fraction of sp³-hybridized carbons (Fsp3) is 0.750. The van der Waals surface area contributed by atoms with E-state index in [2.05, 4.69) is 0 Å². The van der Waals surface area contributed by atoms with E-state index < -0.39 is 6.10 Å². The molecule has 90 valence electrons. The van der Waals surface area contributed by atoms with Crippen LogP contribution in [0, 0.1) is 17.8 Å². The normalized spacial score (nSPS) is 35.6. The van der Waals surface area contributed by atoms with Crippen LogP contribution >= 0.6 is 0 Å². The third kappa shape index (κ3) is 2.13. The Hall–Kier alpha value is -0.870. The fourth-order valence-electron chi connectivity index (χ4n) is 2.49. The molecule has 0 aliphatic heterocycles. The first-order valence-electron chi connectivity index (χ1n) is 5.84. The maximum atomic E-state index is 11.7. The van der Waals surface area contributed by atoms with Gasteiger partial charge >= 0.3 is 5.97 Å². The fourth-order valence-corrected chi connectivity index (χ4v) is 2.49. The number of carbonyl (C=O) groups is 1. The molecule has 2 bridgehead atoms. The summed E-state index contributed by atoms with van der Waals surface area (Å²) in [7, 11) is 0. The molecule has 0 saturated heterocycles. The minimum Gasteiger partial charge on any atom is -0.438 e. The van der Waals surface area contributed by atoms with Crippen LogP contribution < -0.4 is 0 Å². The third-order valence-corrected chi connectivity index (χ3v) is 3.34. The standard InChI is InChI=1S/C12H18O4/c1-2-5-15-7-16-12(14)10-6-8-3-4-9(10)11(8)13/h3-4,8-11,13H,2,5-7H2,1H3. The Labute approximate surface area is 95.2 Å². The Balaban J connectivity index is 1.77. The van der Waals surface area contributed by atoms with Crippen LogP contribution in [-0.4, -0.2) is 30.6 Å². The number of fused-ring (bicyclic) bond motifs is 2. The van der Waals surface area contributed by atoms with Crippen molar-refractivity contribution in [3.63, 3.8) is 0 Å². The molecule has 2 rings (SSSR count). The van der Waals surface area contributed by atoms with Gasteiger partial charge in [-0.25, -0.2) is 0 Å². The summed E-state index contributed by atoms with van der Waals surface area (Å²) >= 11 is 0. The molecule has 4 nitrogen and oxygen atoms in total. The van der Waals surface area contributed by atoms with Crippen molar-refractivity contribution in [2.45, 2.75) is 25.9 Å². The summed E-state index contributed by atoms with van der Waals surface area (Å²) in [5.74, 6) is -0.343. The molecule has 1 saturated carbocycles. The highest BCUT2D eigenvalue weighted by molar-refractivity contribution is 5.74. The van der Waals surface area contributed by atoms with Crippen LogP contribution in [-0.2, 0) is 14.3 Å². The highest BCUT2D eigenvalue weighted by Gasteiger charge is 2.47. The summed E-state index contributed by atoms with van der Waals surface area (Å²) in [6.45, 7) is 2.63. The first-order valence-corrected chi connectivity index (χ1v) is 5.84. The van der Waals surface area contributed by atoms with Crippen LogP contribution in [0.1, 0.15) is 19.8 Å². The van der Waals surface area contributed by atoms with Crippen LogP contribution in [0.25, 0.3) is 0 Å². The first kappa shape index (κ1) is 11.6. The zero-order valence-electron chi connectivity index (χ0n) is 9.46. The van der Waals surface area contributed by atoms with Gasteiger partial charge < -0.3 is 14.6 Å². The van der Waals surface area contributed by atoms with Gasteiger partial charge in [0.05, 0.1) is 18.6 Å². The van der Waals surface area contributed by atoms with Gasteiger partial charge in [0, 0.05) is 11.8 Å². The Morgan fingerprint density at radius 2 is 2.31 bits per heavy atom. The van der Waals surface area contributed by atoms with Crippen molar-refractivity contribution < 1.29 is 19.4 Å². The Kier molecular flexibility index (Phi) is 3.61. The molecule has 0 heterocycles. The van der Waals surface area contributed by atoms with Gasteiger partial charge in [-0.2, -0.15) is 0 Å². The highest BCUT2D eigenvalue weighted by Crippen LogP contribution is 2.44. The Morgan fingerprint density at radius 1 is 1.50 bits per heavy atom.